The molecule has 10 aromatic rings. The summed E-state index contributed by atoms with van der Waals surface area (Å²) < 4.78 is 0. The quantitative estimate of drug-likeness (QED) is 0.158. The highest BCUT2D eigenvalue weighted by Crippen LogP contribution is 2.67. The number of para-hydroxylation sites is 6. The Morgan fingerprint density at radius 2 is 0.712 bits per heavy atom. The van der Waals surface area contributed by atoms with Gasteiger partial charge in [0.2, 0.25) is 0 Å². The summed E-state index contributed by atoms with van der Waals surface area (Å²) in [5.41, 5.74) is 17.3. The van der Waals surface area contributed by atoms with Crippen molar-refractivity contribution in [3.63, 3.8) is 0 Å². The van der Waals surface area contributed by atoms with Crippen molar-refractivity contribution in [1.29, 1.82) is 0 Å². The van der Waals surface area contributed by atoms with Gasteiger partial charge in [0.05, 0.1) is 28.2 Å². The molecule has 312 valence electrons. The molecule has 1 spiro atoms. The molecule has 13 rings (SSSR count). The minimum absolute atomic E-state index is 0.733. The molecular weight excluding hydrogens is 799 g/mol. The molecule has 0 N–H and O–H groups in total. The minimum atomic E-state index is -0.733. The predicted molar refractivity (Wildman–Crippen MR) is 277 cm³/mol. The first-order chi connectivity index (χ1) is 32.8. The zero-order chi connectivity index (χ0) is 43.6. The Hall–Kier alpha value is -8.40. The molecule has 3 nitrogen and oxygen atoms in total. The molecule has 10 aromatic carbocycles. The summed E-state index contributed by atoms with van der Waals surface area (Å²) in [5.74, 6) is 0. The molecule has 1 heterocycles. The van der Waals surface area contributed by atoms with Crippen molar-refractivity contribution in [3.8, 4) is 11.1 Å². The SMILES string of the molecule is C1=CC(N2c3ccccc3C3(c4ccccc42)c2cc(N(c4ccccc4)c4ccccc4)c4ccccc4c2-c2c3cc(N(c3ccccc3)c3ccccc3)c3ccccc23)=CCC1. The Kier molecular flexibility index (Phi) is 8.89. The van der Waals surface area contributed by atoms with Crippen molar-refractivity contribution in [2.75, 3.05) is 14.7 Å². The topological polar surface area (TPSA) is 9.72 Å². The molecular formula is C63H45N3. The molecule has 0 unspecified atom stereocenters. The van der Waals surface area contributed by atoms with Gasteiger partial charge in [-0.25, -0.2) is 0 Å². The van der Waals surface area contributed by atoms with E-state index in [2.05, 4.69) is 263 Å². The van der Waals surface area contributed by atoms with Crippen LogP contribution in [-0.2, 0) is 5.41 Å². The number of hydrogen-bond acceptors (Lipinski definition) is 3. The fourth-order valence-corrected chi connectivity index (χ4v) is 11.4. The molecule has 2 aliphatic carbocycles. The minimum Gasteiger partial charge on any atom is -0.310 e. The highest BCUT2D eigenvalue weighted by molar-refractivity contribution is 6.19. The Morgan fingerprint density at radius 3 is 1.11 bits per heavy atom. The second-order valence-electron chi connectivity index (χ2n) is 17.5. The van der Waals surface area contributed by atoms with Crippen LogP contribution in [-0.4, -0.2) is 0 Å². The standard InChI is InChI=1S/C63H45N3/c1-6-24-44(25-7-1)64(45-26-8-2-9-27-45)59-42-55-61(51-36-18-16-34-49(51)59)62-52-37-19-17-35-50(52)60(65(46-28-10-3-11-29-46)47-30-12-4-13-31-47)43-56(62)63(55)53-38-20-22-40-57(53)66(48-32-14-5-15-33-48)58-41-23-21-39-54(58)63/h1-4,6-14,16-43H,5,15H2. The number of hydrogen-bond donors (Lipinski definition) is 0. The molecule has 0 bridgehead atoms. The van der Waals surface area contributed by atoms with E-state index in [4.69, 9.17) is 0 Å². The third-order valence-electron chi connectivity index (χ3n) is 14.0. The fraction of sp³-hybridized carbons (Fsp3) is 0.0476. The van der Waals surface area contributed by atoms with Crippen LogP contribution >= 0.6 is 0 Å². The van der Waals surface area contributed by atoms with E-state index < -0.39 is 5.41 Å². The van der Waals surface area contributed by atoms with E-state index in [0.717, 1.165) is 47.0 Å². The largest absolute Gasteiger partial charge is 0.310 e. The summed E-state index contributed by atoms with van der Waals surface area (Å²) in [4.78, 5) is 7.44. The van der Waals surface area contributed by atoms with Crippen molar-refractivity contribution in [2.45, 2.75) is 18.3 Å². The highest BCUT2D eigenvalue weighted by Gasteiger charge is 2.53. The summed E-state index contributed by atoms with van der Waals surface area (Å²) in [6.45, 7) is 0. The van der Waals surface area contributed by atoms with Crippen LogP contribution in [0, 0.1) is 0 Å². The number of allylic oxidation sites excluding steroid dienone is 3. The van der Waals surface area contributed by atoms with Crippen LogP contribution in [0.5, 0.6) is 0 Å². The van der Waals surface area contributed by atoms with Gasteiger partial charge in [0, 0.05) is 39.2 Å². The summed E-state index contributed by atoms with van der Waals surface area (Å²) in [7, 11) is 0. The molecule has 1 aliphatic heterocycles. The number of fused-ring (bicyclic) bond motifs is 13. The molecule has 0 saturated heterocycles. The maximum absolute atomic E-state index is 2.56. The molecule has 3 aliphatic rings. The molecule has 0 fully saturated rings. The third-order valence-corrected chi connectivity index (χ3v) is 14.0. The van der Waals surface area contributed by atoms with Gasteiger partial charge >= 0.3 is 0 Å². The van der Waals surface area contributed by atoms with E-state index in [1.807, 2.05) is 0 Å². The van der Waals surface area contributed by atoms with E-state index in [-0.39, 0.29) is 0 Å². The summed E-state index contributed by atoms with van der Waals surface area (Å²) >= 11 is 0. The van der Waals surface area contributed by atoms with E-state index in [9.17, 15) is 0 Å². The Bertz CT molecular complexity index is 3240. The van der Waals surface area contributed by atoms with E-state index in [0.29, 0.717) is 0 Å². The Labute approximate surface area is 386 Å². The van der Waals surface area contributed by atoms with E-state index in [1.54, 1.807) is 0 Å². The van der Waals surface area contributed by atoms with Crippen LogP contribution in [0.3, 0.4) is 0 Å². The van der Waals surface area contributed by atoms with Gasteiger partial charge in [0.15, 0.2) is 0 Å². The second-order valence-corrected chi connectivity index (χ2v) is 17.5. The van der Waals surface area contributed by atoms with Crippen LogP contribution in [0.25, 0.3) is 32.7 Å². The number of benzene rings is 10. The lowest BCUT2D eigenvalue weighted by molar-refractivity contribution is 0.749. The Balaban J connectivity index is 1.23. The molecule has 3 heteroatoms. The van der Waals surface area contributed by atoms with Crippen LogP contribution in [0.15, 0.2) is 254 Å². The second kappa shape index (κ2) is 15.4. The number of rotatable bonds is 7. The van der Waals surface area contributed by atoms with E-state index >= 15 is 0 Å². The third kappa shape index (κ3) is 5.63. The van der Waals surface area contributed by atoms with Crippen molar-refractivity contribution < 1.29 is 0 Å². The molecule has 0 atom stereocenters. The fourth-order valence-electron chi connectivity index (χ4n) is 11.4. The van der Waals surface area contributed by atoms with Crippen LogP contribution in [0.1, 0.15) is 35.1 Å². The van der Waals surface area contributed by atoms with Crippen molar-refractivity contribution >= 4 is 67.0 Å². The van der Waals surface area contributed by atoms with Gasteiger partial charge in [0.25, 0.3) is 0 Å². The van der Waals surface area contributed by atoms with Crippen LogP contribution in [0.4, 0.5) is 45.5 Å². The summed E-state index contributed by atoms with van der Waals surface area (Å²) in [5, 5.41) is 4.87. The van der Waals surface area contributed by atoms with Gasteiger partial charge in [-0.2, -0.15) is 0 Å². The maximum Gasteiger partial charge on any atom is 0.0756 e. The van der Waals surface area contributed by atoms with Gasteiger partial charge < -0.3 is 14.7 Å². The normalized spacial score (nSPS) is 14.1. The zero-order valence-corrected chi connectivity index (χ0v) is 36.4. The van der Waals surface area contributed by atoms with Crippen molar-refractivity contribution in [3.05, 3.63) is 277 Å². The first-order valence-electron chi connectivity index (χ1n) is 23.1. The average molecular weight is 844 g/mol. The molecule has 66 heavy (non-hydrogen) atoms. The molecule has 0 saturated carbocycles. The summed E-state index contributed by atoms with van der Waals surface area (Å²) in [6, 6.07) is 85.2. The lowest BCUT2D eigenvalue weighted by Crippen LogP contribution is -2.37. The van der Waals surface area contributed by atoms with Gasteiger partial charge in [-0.3, -0.25) is 0 Å². The monoisotopic (exact) mass is 843 g/mol. The van der Waals surface area contributed by atoms with Gasteiger partial charge in [-0.1, -0.05) is 170 Å². The average Bonchev–Trinajstić information content (AvgIpc) is 3.68. The van der Waals surface area contributed by atoms with E-state index in [1.165, 1.54) is 72.0 Å². The lowest BCUT2D eigenvalue weighted by Gasteiger charge is -2.46. The van der Waals surface area contributed by atoms with Crippen molar-refractivity contribution in [2.24, 2.45) is 0 Å². The molecule has 0 amide bonds. The maximum atomic E-state index is 2.56. The van der Waals surface area contributed by atoms with Gasteiger partial charge in [-0.05, 0) is 136 Å². The zero-order valence-electron chi connectivity index (χ0n) is 36.4. The number of nitrogens with zero attached hydrogens (tertiary/aromatic N) is 3. The molecule has 0 aromatic heterocycles. The van der Waals surface area contributed by atoms with Gasteiger partial charge in [0.1, 0.15) is 0 Å². The first kappa shape index (κ1) is 38.1. The Morgan fingerprint density at radius 1 is 0.348 bits per heavy atom. The van der Waals surface area contributed by atoms with Crippen molar-refractivity contribution in [1.82, 2.24) is 0 Å². The molecule has 0 radical (unpaired) electrons. The first-order valence-corrected chi connectivity index (χ1v) is 23.1. The smallest absolute Gasteiger partial charge is 0.0756 e. The van der Waals surface area contributed by atoms with Crippen LogP contribution < -0.4 is 14.7 Å². The predicted octanol–water partition coefficient (Wildman–Crippen LogP) is 17.0. The number of anilines is 8. The highest BCUT2D eigenvalue weighted by atomic mass is 15.2. The summed E-state index contributed by atoms with van der Waals surface area (Å²) in [6.07, 6.45) is 9.12. The van der Waals surface area contributed by atoms with Crippen LogP contribution in [0.2, 0.25) is 0 Å². The van der Waals surface area contributed by atoms with Gasteiger partial charge in [-0.15, -0.1) is 0 Å². The lowest BCUT2D eigenvalue weighted by atomic mass is 9.64.